The lowest BCUT2D eigenvalue weighted by molar-refractivity contribution is -0.384. The molecule has 2 unspecified atom stereocenters. The van der Waals surface area contributed by atoms with Crippen molar-refractivity contribution in [2.24, 2.45) is 0 Å². The number of aromatic nitrogens is 1. The molecule has 3 rings (SSSR count). The molecule has 2 aliphatic heterocycles. The highest BCUT2D eigenvalue weighted by molar-refractivity contribution is 5.57. The maximum atomic E-state index is 11.1. The summed E-state index contributed by atoms with van der Waals surface area (Å²) in [5.41, 5.74) is 0.00431. The Bertz CT molecular complexity index is 537. The molecule has 7 heteroatoms. The molecule has 0 aliphatic carbocycles. The van der Waals surface area contributed by atoms with Crippen molar-refractivity contribution in [3.8, 4) is 5.88 Å². The Balaban J connectivity index is 1.75. The van der Waals surface area contributed by atoms with Crippen LogP contribution in [0.2, 0.25) is 0 Å². The zero-order valence-electron chi connectivity index (χ0n) is 12.1. The third kappa shape index (κ3) is 2.92. The number of anilines is 1. The molecule has 3 heterocycles. The minimum Gasteiger partial charge on any atom is -0.481 e. The number of rotatable bonds is 4. The number of fused-ring (bicyclic) bond motifs is 1. The molecule has 0 bridgehead atoms. The number of nitro groups is 1. The van der Waals surface area contributed by atoms with Crippen molar-refractivity contribution in [1.82, 2.24) is 9.88 Å². The minimum atomic E-state index is -0.403. The van der Waals surface area contributed by atoms with Gasteiger partial charge in [-0.1, -0.05) is 0 Å². The van der Waals surface area contributed by atoms with Gasteiger partial charge in [0.05, 0.1) is 12.0 Å². The van der Waals surface area contributed by atoms with E-state index in [2.05, 4.69) is 15.2 Å². The molecule has 1 aromatic rings. The molecule has 0 amide bonds. The summed E-state index contributed by atoms with van der Waals surface area (Å²) in [6.45, 7) is 2.25. The molecule has 2 aliphatic rings. The molecule has 0 saturated carbocycles. The van der Waals surface area contributed by atoms with Crippen molar-refractivity contribution in [2.45, 2.75) is 37.8 Å². The Morgan fingerprint density at radius 3 is 3.05 bits per heavy atom. The van der Waals surface area contributed by atoms with E-state index >= 15 is 0 Å². The average molecular weight is 292 g/mol. The van der Waals surface area contributed by atoms with Gasteiger partial charge in [-0.3, -0.25) is 10.1 Å². The van der Waals surface area contributed by atoms with Crippen molar-refractivity contribution in [1.29, 1.82) is 0 Å². The molecule has 2 fully saturated rings. The minimum absolute atomic E-state index is 0.00431. The van der Waals surface area contributed by atoms with Gasteiger partial charge < -0.3 is 15.0 Å². The highest BCUT2D eigenvalue weighted by atomic mass is 16.6. The van der Waals surface area contributed by atoms with Crippen molar-refractivity contribution in [2.75, 3.05) is 25.5 Å². The summed E-state index contributed by atoms with van der Waals surface area (Å²) in [5.74, 6) is 0.706. The van der Waals surface area contributed by atoms with Gasteiger partial charge in [0.25, 0.3) is 0 Å². The molecule has 0 aromatic carbocycles. The smallest absolute Gasteiger partial charge is 0.311 e. The van der Waals surface area contributed by atoms with E-state index < -0.39 is 4.92 Å². The average Bonchev–Trinajstić information content (AvgIpc) is 2.94. The number of hydrogen-bond donors (Lipinski definition) is 1. The zero-order chi connectivity index (χ0) is 14.8. The van der Waals surface area contributed by atoms with Gasteiger partial charge in [-0.25, -0.2) is 0 Å². The van der Waals surface area contributed by atoms with Gasteiger partial charge in [-0.05, 0) is 32.2 Å². The number of piperidine rings is 1. The molecule has 0 spiro atoms. The standard InChI is InChI=1S/C14H20N4O3/c1-21-13-5-4-12(18(19)20)14(16-13)15-10-6-8-17-7-2-3-11(17)9-10/h4-5,10-11H,2-3,6-9H2,1H3,(H,15,16). The van der Waals surface area contributed by atoms with Crippen LogP contribution >= 0.6 is 0 Å². The van der Waals surface area contributed by atoms with Crippen molar-refractivity contribution in [3.05, 3.63) is 22.2 Å². The molecule has 7 nitrogen and oxygen atoms in total. The van der Waals surface area contributed by atoms with Crippen LogP contribution in [0, 0.1) is 10.1 Å². The van der Waals surface area contributed by atoms with Gasteiger partial charge in [-0.2, -0.15) is 4.98 Å². The lowest BCUT2D eigenvalue weighted by atomic mass is 9.97. The first-order valence-corrected chi connectivity index (χ1v) is 7.37. The first-order valence-electron chi connectivity index (χ1n) is 7.37. The van der Waals surface area contributed by atoms with Crippen LogP contribution < -0.4 is 10.1 Å². The second-order valence-corrected chi connectivity index (χ2v) is 5.68. The fraction of sp³-hybridized carbons (Fsp3) is 0.643. The highest BCUT2D eigenvalue weighted by Crippen LogP contribution is 2.31. The molecule has 21 heavy (non-hydrogen) atoms. The summed E-state index contributed by atoms with van der Waals surface area (Å²) >= 11 is 0. The van der Waals surface area contributed by atoms with Crippen LogP contribution in [0.3, 0.4) is 0 Å². The van der Waals surface area contributed by atoms with E-state index in [-0.39, 0.29) is 11.7 Å². The molecule has 2 atom stereocenters. The van der Waals surface area contributed by atoms with Crippen LogP contribution in [-0.2, 0) is 0 Å². The molecular weight excluding hydrogens is 272 g/mol. The van der Waals surface area contributed by atoms with Crippen LogP contribution in [0.1, 0.15) is 25.7 Å². The first kappa shape index (κ1) is 14.1. The van der Waals surface area contributed by atoms with E-state index in [1.54, 1.807) is 0 Å². The van der Waals surface area contributed by atoms with E-state index in [0.29, 0.717) is 17.7 Å². The van der Waals surface area contributed by atoms with Crippen LogP contribution in [0.4, 0.5) is 11.5 Å². The topological polar surface area (TPSA) is 80.5 Å². The molecule has 1 N–H and O–H groups in total. The second kappa shape index (κ2) is 5.85. The first-order chi connectivity index (χ1) is 10.2. The lowest BCUT2D eigenvalue weighted by Crippen LogP contribution is -2.42. The van der Waals surface area contributed by atoms with Crippen LogP contribution in [0.5, 0.6) is 5.88 Å². The van der Waals surface area contributed by atoms with Gasteiger partial charge in [0.1, 0.15) is 0 Å². The Labute approximate surface area is 123 Å². The quantitative estimate of drug-likeness (QED) is 0.675. The number of pyridine rings is 1. The van der Waals surface area contributed by atoms with E-state index in [4.69, 9.17) is 4.74 Å². The van der Waals surface area contributed by atoms with E-state index in [9.17, 15) is 10.1 Å². The van der Waals surface area contributed by atoms with Crippen molar-refractivity contribution >= 4 is 11.5 Å². The van der Waals surface area contributed by atoms with Crippen molar-refractivity contribution in [3.63, 3.8) is 0 Å². The number of hydrogen-bond acceptors (Lipinski definition) is 6. The van der Waals surface area contributed by atoms with Gasteiger partial charge in [0.2, 0.25) is 11.7 Å². The number of nitrogens with one attached hydrogen (secondary N) is 1. The molecule has 2 saturated heterocycles. The Hall–Kier alpha value is -1.89. The highest BCUT2D eigenvalue weighted by Gasteiger charge is 2.32. The van der Waals surface area contributed by atoms with Crippen LogP contribution in [-0.4, -0.2) is 47.1 Å². The Kier molecular flexibility index (Phi) is 3.92. The third-order valence-electron chi connectivity index (χ3n) is 4.42. The van der Waals surface area contributed by atoms with E-state index in [0.717, 1.165) is 19.4 Å². The summed E-state index contributed by atoms with van der Waals surface area (Å²) in [4.78, 5) is 17.4. The number of nitrogens with zero attached hydrogens (tertiary/aromatic N) is 3. The lowest BCUT2D eigenvalue weighted by Gasteiger charge is -2.35. The van der Waals surface area contributed by atoms with E-state index in [1.165, 1.54) is 38.6 Å². The second-order valence-electron chi connectivity index (χ2n) is 5.68. The summed E-state index contributed by atoms with van der Waals surface area (Å²) in [5, 5.41) is 14.4. The summed E-state index contributed by atoms with van der Waals surface area (Å²) in [7, 11) is 1.51. The number of ether oxygens (including phenoxy) is 1. The van der Waals surface area contributed by atoms with Gasteiger partial charge in [0, 0.05) is 30.8 Å². The predicted molar refractivity (Wildman–Crippen MR) is 78.7 cm³/mol. The monoisotopic (exact) mass is 292 g/mol. The SMILES string of the molecule is COc1ccc([N+](=O)[O-])c(NC2CCN3CCCC3C2)n1. The largest absolute Gasteiger partial charge is 0.481 e. The summed E-state index contributed by atoms with van der Waals surface area (Å²) in [6, 6.07) is 3.81. The van der Waals surface area contributed by atoms with Gasteiger partial charge in [0.15, 0.2) is 0 Å². The van der Waals surface area contributed by atoms with Crippen LogP contribution in [0.25, 0.3) is 0 Å². The van der Waals surface area contributed by atoms with Gasteiger partial charge >= 0.3 is 5.69 Å². The van der Waals surface area contributed by atoms with Gasteiger partial charge in [-0.15, -0.1) is 0 Å². The Morgan fingerprint density at radius 2 is 2.29 bits per heavy atom. The number of methoxy groups -OCH3 is 1. The maximum absolute atomic E-state index is 11.1. The molecule has 0 radical (unpaired) electrons. The third-order valence-corrected chi connectivity index (χ3v) is 4.42. The molecule has 1 aromatic heterocycles. The normalized spacial score (nSPS) is 25.4. The summed E-state index contributed by atoms with van der Waals surface area (Å²) < 4.78 is 5.07. The fourth-order valence-corrected chi connectivity index (χ4v) is 3.35. The van der Waals surface area contributed by atoms with Crippen LogP contribution in [0.15, 0.2) is 12.1 Å². The predicted octanol–water partition coefficient (Wildman–Crippen LogP) is 2.04. The molecular formula is C14H20N4O3. The molecule has 114 valence electrons. The maximum Gasteiger partial charge on any atom is 0.311 e. The fourth-order valence-electron chi connectivity index (χ4n) is 3.35. The Morgan fingerprint density at radius 1 is 1.43 bits per heavy atom. The van der Waals surface area contributed by atoms with Crippen molar-refractivity contribution < 1.29 is 9.66 Å². The zero-order valence-corrected chi connectivity index (χ0v) is 12.1. The summed E-state index contributed by atoms with van der Waals surface area (Å²) in [6.07, 6.45) is 4.50. The van der Waals surface area contributed by atoms with E-state index in [1.807, 2.05) is 0 Å².